The van der Waals surface area contributed by atoms with Gasteiger partial charge in [0.2, 0.25) is 5.95 Å². The molecule has 11 heteroatoms. The number of anilines is 2. The Morgan fingerprint density at radius 2 is 1.92 bits per heavy atom. The van der Waals surface area contributed by atoms with Crippen molar-refractivity contribution in [1.29, 1.82) is 0 Å². The number of nitrogens with zero attached hydrogens (tertiary/aromatic N) is 4. The number of hydrogen-bond donors (Lipinski definition) is 2. The largest absolute Gasteiger partial charge is 0.493 e. The van der Waals surface area contributed by atoms with E-state index in [1.807, 2.05) is 58.9 Å². The summed E-state index contributed by atoms with van der Waals surface area (Å²) < 4.78 is 13.8. The highest BCUT2D eigenvalue weighted by Crippen LogP contribution is 2.42. The third kappa shape index (κ3) is 5.63. The first kappa shape index (κ1) is 28.2. The predicted molar refractivity (Wildman–Crippen MR) is 153 cm³/mol. The van der Waals surface area contributed by atoms with Gasteiger partial charge < -0.3 is 25.0 Å². The quantitative estimate of drug-likeness (QED) is 0.363. The molecule has 1 atom stereocenters. The monoisotopic (exact) mass is 596 g/mol. The molecule has 3 aromatic rings. The minimum absolute atomic E-state index is 0.118. The zero-order chi connectivity index (χ0) is 28.3. The van der Waals surface area contributed by atoms with Crippen LogP contribution in [0.4, 0.5) is 11.6 Å². The van der Waals surface area contributed by atoms with E-state index in [4.69, 9.17) is 9.47 Å². The Kier molecular flexibility index (Phi) is 8.59. The maximum Gasteiger partial charge on any atom is 0.260 e. The van der Waals surface area contributed by atoms with Crippen molar-refractivity contribution in [3.63, 3.8) is 0 Å². The highest BCUT2D eigenvalue weighted by atomic mass is 79.9. The summed E-state index contributed by atoms with van der Waals surface area (Å²) in [6, 6.07) is 8.84. The number of benzene rings is 2. The number of carbonyl (C=O) groups is 2. The highest BCUT2D eigenvalue weighted by molar-refractivity contribution is 9.10. The Balaban J connectivity index is 1.72. The molecule has 1 aliphatic rings. The Morgan fingerprint density at radius 1 is 1.18 bits per heavy atom. The van der Waals surface area contributed by atoms with Crippen molar-refractivity contribution >= 4 is 39.4 Å². The van der Waals surface area contributed by atoms with Gasteiger partial charge in [-0.1, -0.05) is 12.1 Å². The lowest BCUT2D eigenvalue weighted by Crippen LogP contribution is -2.34. The average Bonchev–Trinajstić information content (AvgIpc) is 3.38. The molecule has 10 nitrogen and oxygen atoms in total. The summed E-state index contributed by atoms with van der Waals surface area (Å²) in [5, 5.41) is 10.7. The van der Waals surface area contributed by atoms with E-state index >= 15 is 0 Å². The zero-order valence-corrected chi connectivity index (χ0v) is 24.5. The molecule has 206 valence electrons. The smallest absolute Gasteiger partial charge is 0.260 e. The van der Waals surface area contributed by atoms with Crippen molar-refractivity contribution < 1.29 is 19.1 Å². The third-order valence-electron chi connectivity index (χ3n) is 6.92. The van der Waals surface area contributed by atoms with Crippen molar-refractivity contribution in [3.8, 4) is 11.5 Å². The van der Waals surface area contributed by atoms with Crippen LogP contribution in [-0.2, 0) is 9.59 Å². The molecule has 2 heterocycles. The van der Waals surface area contributed by atoms with Crippen molar-refractivity contribution in [1.82, 2.24) is 19.7 Å². The molecule has 0 spiro atoms. The van der Waals surface area contributed by atoms with Gasteiger partial charge in [0.1, 0.15) is 12.4 Å². The number of rotatable bonds is 9. The first-order valence-electron chi connectivity index (χ1n) is 12.7. The molecule has 2 amide bonds. The molecule has 0 saturated heterocycles. The number of amides is 2. The highest BCUT2D eigenvalue weighted by Gasteiger charge is 2.35. The summed E-state index contributed by atoms with van der Waals surface area (Å²) in [7, 11) is 1.53. The molecule has 0 fully saturated rings. The fraction of sp³-hybridized carbons (Fsp3) is 0.357. The number of aromatic nitrogens is 3. The van der Waals surface area contributed by atoms with E-state index in [0.29, 0.717) is 46.3 Å². The Hall–Kier alpha value is -3.86. The van der Waals surface area contributed by atoms with Crippen LogP contribution in [0.1, 0.15) is 43.5 Å². The second kappa shape index (κ2) is 11.9. The number of fused-ring (bicyclic) bond motifs is 1. The molecule has 0 saturated carbocycles. The minimum atomic E-state index is -0.606. The van der Waals surface area contributed by atoms with Crippen LogP contribution in [0.15, 0.2) is 52.4 Å². The summed E-state index contributed by atoms with van der Waals surface area (Å²) in [5.74, 6) is 0.948. The lowest BCUT2D eigenvalue weighted by atomic mass is 9.94. The van der Waals surface area contributed by atoms with Crippen molar-refractivity contribution in [2.45, 2.75) is 40.7 Å². The van der Waals surface area contributed by atoms with Gasteiger partial charge in [-0.05, 0) is 85.4 Å². The molecule has 1 aromatic heterocycles. The van der Waals surface area contributed by atoms with Gasteiger partial charge in [0, 0.05) is 24.5 Å². The van der Waals surface area contributed by atoms with Crippen molar-refractivity contribution in [2.24, 2.45) is 0 Å². The van der Waals surface area contributed by atoms with Gasteiger partial charge in [-0.2, -0.15) is 10.1 Å². The van der Waals surface area contributed by atoms with E-state index in [2.05, 4.69) is 36.6 Å². The minimum Gasteiger partial charge on any atom is -0.493 e. The fourth-order valence-electron chi connectivity index (χ4n) is 4.61. The molecule has 0 bridgehead atoms. The van der Waals surface area contributed by atoms with E-state index < -0.39 is 6.04 Å². The standard InChI is InChI=1S/C28H33BrN6O4/c1-7-34(8-2)23(36)14-39-26-20(29)12-19(13-22(26)38-6)25-24(18(5)32-28-30-15-31-35(25)28)27(37)33-21-11-9-10-16(3)17(21)4/h9-13,15,25H,7-8,14H2,1-6H3,(H,33,37)(H,30,31,32). The summed E-state index contributed by atoms with van der Waals surface area (Å²) >= 11 is 3.59. The van der Waals surface area contributed by atoms with E-state index in [1.54, 1.807) is 15.6 Å². The van der Waals surface area contributed by atoms with E-state index in [9.17, 15) is 9.59 Å². The van der Waals surface area contributed by atoms with Gasteiger partial charge in [-0.15, -0.1) is 0 Å². The lowest BCUT2D eigenvalue weighted by Gasteiger charge is -2.29. The maximum absolute atomic E-state index is 13.8. The van der Waals surface area contributed by atoms with Crippen LogP contribution in [-0.4, -0.2) is 58.3 Å². The van der Waals surface area contributed by atoms with Crippen LogP contribution in [0, 0.1) is 13.8 Å². The number of methoxy groups -OCH3 is 1. The summed E-state index contributed by atoms with van der Waals surface area (Å²) in [5.41, 5.74) is 4.68. The normalized spacial score (nSPS) is 14.4. The van der Waals surface area contributed by atoms with Crippen LogP contribution in [0.3, 0.4) is 0 Å². The summed E-state index contributed by atoms with van der Waals surface area (Å²) in [6.07, 6.45) is 1.44. The van der Waals surface area contributed by atoms with Crippen LogP contribution in [0.25, 0.3) is 0 Å². The van der Waals surface area contributed by atoms with Crippen LogP contribution in [0.2, 0.25) is 0 Å². The van der Waals surface area contributed by atoms with Gasteiger partial charge >= 0.3 is 0 Å². The second-order valence-corrected chi connectivity index (χ2v) is 10.0. The van der Waals surface area contributed by atoms with E-state index in [0.717, 1.165) is 22.4 Å². The number of carbonyl (C=O) groups excluding carboxylic acids is 2. The number of allylic oxidation sites excluding steroid dienone is 1. The molecule has 4 rings (SSSR count). The predicted octanol–water partition coefficient (Wildman–Crippen LogP) is 4.84. The van der Waals surface area contributed by atoms with Gasteiger partial charge in [-0.25, -0.2) is 4.68 Å². The van der Waals surface area contributed by atoms with Gasteiger partial charge in [0.15, 0.2) is 18.1 Å². The van der Waals surface area contributed by atoms with Gasteiger partial charge in [0.05, 0.1) is 17.2 Å². The zero-order valence-electron chi connectivity index (χ0n) is 23.0. The molecule has 1 aliphatic heterocycles. The molecule has 2 N–H and O–H groups in total. The Labute approximate surface area is 236 Å². The third-order valence-corrected chi connectivity index (χ3v) is 7.50. The Bertz CT molecular complexity index is 1430. The number of aryl methyl sites for hydroxylation is 1. The summed E-state index contributed by atoms with van der Waals surface area (Å²) in [4.78, 5) is 32.3. The van der Waals surface area contributed by atoms with Crippen LogP contribution < -0.4 is 20.1 Å². The molecular formula is C28H33BrN6O4. The van der Waals surface area contributed by atoms with Crippen LogP contribution in [0.5, 0.6) is 11.5 Å². The lowest BCUT2D eigenvalue weighted by molar-refractivity contribution is -0.133. The molecule has 2 aromatic carbocycles. The number of hydrogen-bond acceptors (Lipinski definition) is 7. The SMILES string of the molecule is CCN(CC)C(=O)COc1c(Br)cc(C2C(C(=O)Nc3cccc(C)c3C)=C(C)Nc3ncnn32)cc1OC. The number of nitrogens with one attached hydrogen (secondary N) is 2. The number of likely N-dealkylation sites (N-methyl/N-ethyl adjacent to an activating group) is 1. The fourth-order valence-corrected chi connectivity index (χ4v) is 5.18. The van der Waals surface area contributed by atoms with Gasteiger partial charge in [-0.3, -0.25) is 9.59 Å². The van der Waals surface area contributed by atoms with Crippen molar-refractivity contribution in [3.05, 3.63) is 69.1 Å². The number of ether oxygens (including phenoxy) is 2. The topological polar surface area (TPSA) is 111 Å². The second-order valence-electron chi connectivity index (χ2n) is 9.18. The first-order valence-corrected chi connectivity index (χ1v) is 13.5. The molecule has 1 unspecified atom stereocenters. The average molecular weight is 598 g/mol. The molecule has 39 heavy (non-hydrogen) atoms. The van der Waals surface area contributed by atoms with E-state index in [-0.39, 0.29) is 18.4 Å². The van der Waals surface area contributed by atoms with Crippen molar-refractivity contribution in [2.75, 3.05) is 37.4 Å². The van der Waals surface area contributed by atoms with E-state index in [1.165, 1.54) is 13.4 Å². The first-order chi connectivity index (χ1) is 18.7. The van der Waals surface area contributed by atoms with Gasteiger partial charge in [0.25, 0.3) is 11.8 Å². The van der Waals surface area contributed by atoms with Crippen LogP contribution >= 0.6 is 15.9 Å². The molecular weight excluding hydrogens is 564 g/mol. The summed E-state index contributed by atoms with van der Waals surface area (Å²) in [6.45, 7) is 10.7. The molecule has 0 aliphatic carbocycles. The Morgan fingerprint density at radius 3 is 2.62 bits per heavy atom. The maximum atomic E-state index is 13.8. The number of halogens is 1. The molecule has 0 radical (unpaired) electrons.